The summed E-state index contributed by atoms with van der Waals surface area (Å²) in [6.07, 6.45) is 0. The number of benzene rings is 6. The Morgan fingerprint density at radius 1 is 0.511 bits per heavy atom. The second-order valence-corrected chi connectivity index (χ2v) is 13.3. The molecule has 10 rings (SSSR count). The molecule has 0 saturated carbocycles. The van der Waals surface area contributed by atoms with Crippen LogP contribution in [0.2, 0.25) is 0 Å². The highest BCUT2D eigenvalue weighted by atomic mass is 32.1. The van der Waals surface area contributed by atoms with Crippen molar-refractivity contribution in [3.63, 3.8) is 0 Å². The molecule has 220 valence electrons. The standard InChI is InChI=1S/C43H27N3S/c1-2-10-27(11-3-1)35-23-20-28-17-18-29-21-24-36(45-41(29)40(28)44-35)30-12-8-13-31(25-30)39-38-33-15-6-7-16-37(33)47-43(38)34-22-19-26-9-4-5-14-32(26)42(34)46-39/h1-25,39,46H. The lowest BCUT2D eigenvalue weighted by atomic mass is 9.87. The summed E-state index contributed by atoms with van der Waals surface area (Å²) >= 11 is 1.89. The van der Waals surface area contributed by atoms with Gasteiger partial charge >= 0.3 is 0 Å². The highest BCUT2D eigenvalue weighted by Gasteiger charge is 2.30. The van der Waals surface area contributed by atoms with E-state index in [1.165, 1.54) is 48.1 Å². The first-order chi connectivity index (χ1) is 23.3. The SMILES string of the molecule is c1ccc(-c2ccc3ccc4ccc(-c5cccc(C6Nc7c(ccc8ccccc78)-c7sc8ccccc8c76)c5)nc4c3n2)cc1. The summed E-state index contributed by atoms with van der Waals surface area (Å²) in [5.41, 5.74) is 11.0. The van der Waals surface area contributed by atoms with E-state index in [-0.39, 0.29) is 6.04 Å². The summed E-state index contributed by atoms with van der Waals surface area (Å²) in [5.74, 6) is 0. The number of hydrogen-bond acceptors (Lipinski definition) is 4. The molecule has 3 nitrogen and oxygen atoms in total. The summed E-state index contributed by atoms with van der Waals surface area (Å²) in [4.78, 5) is 11.7. The fourth-order valence-electron chi connectivity index (χ4n) is 7.21. The van der Waals surface area contributed by atoms with Gasteiger partial charge in [0.15, 0.2) is 0 Å². The Morgan fingerprint density at radius 3 is 1.96 bits per heavy atom. The summed E-state index contributed by atoms with van der Waals surface area (Å²) in [5, 5.41) is 10.00. The van der Waals surface area contributed by atoms with Gasteiger partial charge in [0.05, 0.1) is 34.2 Å². The molecule has 0 amide bonds. The topological polar surface area (TPSA) is 37.8 Å². The van der Waals surface area contributed by atoms with Crippen LogP contribution in [0.4, 0.5) is 5.69 Å². The Labute approximate surface area is 275 Å². The molecule has 4 heterocycles. The number of fused-ring (bicyclic) bond motifs is 10. The molecule has 4 heteroatoms. The van der Waals surface area contributed by atoms with Crippen molar-refractivity contribution in [3.05, 3.63) is 163 Å². The van der Waals surface area contributed by atoms with Gasteiger partial charge in [-0.2, -0.15) is 0 Å². The Hall–Kier alpha value is -5.84. The number of aromatic nitrogens is 2. The maximum atomic E-state index is 5.27. The molecule has 0 fully saturated rings. The van der Waals surface area contributed by atoms with E-state index in [9.17, 15) is 0 Å². The minimum absolute atomic E-state index is 0.00390. The number of nitrogens with one attached hydrogen (secondary N) is 1. The van der Waals surface area contributed by atoms with Gasteiger partial charge in [0, 0.05) is 48.0 Å². The first-order valence-electron chi connectivity index (χ1n) is 15.9. The molecule has 1 aliphatic heterocycles. The first-order valence-corrected chi connectivity index (χ1v) is 16.8. The Bertz CT molecular complexity index is 2670. The van der Waals surface area contributed by atoms with Crippen molar-refractivity contribution >= 4 is 59.7 Å². The van der Waals surface area contributed by atoms with E-state index in [4.69, 9.17) is 9.97 Å². The summed E-state index contributed by atoms with van der Waals surface area (Å²) < 4.78 is 1.31. The molecule has 1 N–H and O–H groups in total. The Morgan fingerprint density at radius 2 is 1.15 bits per heavy atom. The average Bonchev–Trinajstić information content (AvgIpc) is 3.54. The number of nitrogens with zero attached hydrogens (tertiary/aromatic N) is 2. The van der Waals surface area contributed by atoms with E-state index >= 15 is 0 Å². The smallest absolute Gasteiger partial charge is 0.0972 e. The predicted molar refractivity (Wildman–Crippen MR) is 198 cm³/mol. The van der Waals surface area contributed by atoms with Crippen molar-refractivity contribution in [2.24, 2.45) is 0 Å². The molecule has 1 unspecified atom stereocenters. The average molecular weight is 618 g/mol. The van der Waals surface area contributed by atoms with Crippen LogP contribution in [0.25, 0.3) is 75.6 Å². The van der Waals surface area contributed by atoms with E-state index in [0.717, 1.165) is 44.3 Å². The van der Waals surface area contributed by atoms with Crippen LogP contribution in [0.15, 0.2) is 152 Å². The van der Waals surface area contributed by atoms with Crippen LogP contribution in [0.1, 0.15) is 17.2 Å². The second kappa shape index (κ2) is 10.3. The molecule has 0 spiro atoms. The van der Waals surface area contributed by atoms with E-state index < -0.39 is 0 Å². The number of thiophene rings is 1. The van der Waals surface area contributed by atoms with Crippen LogP contribution in [-0.2, 0) is 0 Å². The van der Waals surface area contributed by atoms with Gasteiger partial charge in [-0.25, -0.2) is 9.97 Å². The van der Waals surface area contributed by atoms with E-state index in [2.05, 4.69) is 151 Å². The fourth-order valence-corrected chi connectivity index (χ4v) is 8.48. The van der Waals surface area contributed by atoms with Crippen LogP contribution >= 0.6 is 11.3 Å². The second-order valence-electron chi connectivity index (χ2n) is 12.2. The summed E-state index contributed by atoms with van der Waals surface area (Å²) in [6.45, 7) is 0. The summed E-state index contributed by atoms with van der Waals surface area (Å²) in [6, 6.07) is 54.1. The molecule has 47 heavy (non-hydrogen) atoms. The Kier molecular flexibility index (Phi) is 5.81. The number of pyridine rings is 2. The monoisotopic (exact) mass is 617 g/mol. The minimum atomic E-state index is -0.00390. The molecule has 9 aromatic rings. The van der Waals surface area contributed by atoms with E-state index in [1.54, 1.807) is 0 Å². The zero-order valence-corrected chi connectivity index (χ0v) is 26.1. The van der Waals surface area contributed by atoms with Crippen LogP contribution in [-0.4, -0.2) is 9.97 Å². The molecule has 1 aliphatic rings. The molecule has 0 bridgehead atoms. The van der Waals surface area contributed by atoms with Crippen LogP contribution in [0, 0.1) is 0 Å². The van der Waals surface area contributed by atoms with Crippen molar-refractivity contribution in [2.75, 3.05) is 5.32 Å². The Balaban J connectivity index is 1.13. The van der Waals surface area contributed by atoms with Crippen LogP contribution in [0.3, 0.4) is 0 Å². The van der Waals surface area contributed by atoms with Crippen molar-refractivity contribution in [2.45, 2.75) is 6.04 Å². The quantitative estimate of drug-likeness (QED) is 0.200. The lowest BCUT2D eigenvalue weighted by molar-refractivity contribution is 0.949. The van der Waals surface area contributed by atoms with E-state index in [0.29, 0.717) is 0 Å². The molecule has 0 radical (unpaired) electrons. The molecule has 3 aromatic heterocycles. The zero-order chi connectivity index (χ0) is 30.9. The van der Waals surface area contributed by atoms with Gasteiger partial charge < -0.3 is 5.32 Å². The maximum Gasteiger partial charge on any atom is 0.0972 e. The van der Waals surface area contributed by atoms with Crippen molar-refractivity contribution < 1.29 is 0 Å². The lowest BCUT2D eigenvalue weighted by Crippen LogP contribution is -2.17. The lowest BCUT2D eigenvalue weighted by Gasteiger charge is -2.30. The third kappa shape index (κ3) is 4.19. The van der Waals surface area contributed by atoms with Crippen molar-refractivity contribution in [1.29, 1.82) is 0 Å². The molecule has 6 aromatic carbocycles. The molecule has 1 atom stereocenters. The maximum absolute atomic E-state index is 5.27. The summed E-state index contributed by atoms with van der Waals surface area (Å²) in [7, 11) is 0. The normalized spacial score (nSPS) is 13.9. The van der Waals surface area contributed by atoms with Crippen molar-refractivity contribution in [3.8, 4) is 33.0 Å². The minimum Gasteiger partial charge on any atom is -0.373 e. The zero-order valence-electron chi connectivity index (χ0n) is 25.3. The largest absolute Gasteiger partial charge is 0.373 e. The third-order valence-corrected chi connectivity index (χ3v) is 10.7. The van der Waals surface area contributed by atoms with Gasteiger partial charge in [0.25, 0.3) is 0 Å². The van der Waals surface area contributed by atoms with Crippen LogP contribution < -0.4 is 5.32 Å². The van der Waals surface area contributed by atoms with Crippen LogP contribution in [0.5, 0.6) is 0 Å². The van der Waals surface area contributed by atoms with Gasteiger partial charge in [-0.15, -0.1) is 11.3 Å². The predicted octanol–water partition coefficient (Wildman–Crippen LogP) is 11.7. The number of rotatable bonds is 3. The first kappa shape index (κ1) is 26.4. The fraction of sp³-hybridized carbons (Fsp3) is 0.0233. The van der Waals surface area contributed by atoms with Crippen molar-refractivity contribution in [1.82, 2.24) is 9.97 Å². The number of anilines is 1. The molecule has 0 saturated heterocycles. The van der Waals surface area contributed by atoms with Gasteiger partial charge in [-0.05, 0) is 40.6 Å². The number of hydrogen-bond donors (Lipinski definition) is 1. The third-order valence-electron chi connectivity index (χ3n) is 9.49. The molecular weight excluding hydrogens is 591 g/mol. The molecular formula is C43H27N3S. The van der Waals surface area contributed by atoms with Gasteiger partial charge in [-0.3, -0.25) is 0 Å². The van der Waals surface area contributed by atoms with Gasteiger partial charge in [-0.1, -0.05) is 127 Å². The van der Waals surface area contributed by atoms with E-state index in [1.807, 2.05) is 17.4 Å². The van der Waals surface area contributed by atoms with Gasteiger partial charge in [0.2, 0.25) is 0 Å². The van der Waals surface area contributed by atoms with Gasteiger partial charge in [0.1, 0.15) is 0 Å². The highest BCUT2D eigenvalue weighted by molar-refractivity contribution is 7.22. The highest BCUT2D eigenvalue weighted by Crippen LogP contribution is 2.52. The molecule has 0 aliphatic carbocycles.